The molecule has 0 unspecified atom stereocenters. The van der Waals surface area contributed by atoms with E-state index in [-0.39, 0.29) is 0 Å². The summed E-state index contributed by atoms with van der Waals surface area (Å²) in [5.74, 6) is 0. The minimum absolute atomic E-state index is 1.15. The second kappa shape index (κ2) is 11.1. The highest BCUT2D eigenvalue weighted by Crippen LogP contribution is 2.51. The van der Waals surface area contributed by atoms with Crippen LogP contribution in [0.1, 0.15) is 5.56 Å². The van der Waals surface area contributed by atoms with Gasteiger partial charge >= 0.3 is 0 Å². The normalized spacial score (nSPS) is 11.8. The van der Waals surface area contributed by atoms with Crippen LogP contribution < -0.4 is 4.90 Å². The van der Waals surface area contributed by atoms with Crippen LogP contribution in [0.25, 0.3) is 76.1 Å². The average Bonchev–Trinajstić information content (AvgIpc) is 3.64. The molecule has 9 aromatic rings. The van der Waals surface area contributed by atoms with Gasteiger partial charge in [0.25, 0.3) is 0 Å². The van der Waals surface area contributed by atoms with Crippen LogP contribution in [0.3, 0.4) is 0 Å². The summed E-state index contributed by atoms with van der Waals surface area (Å²) >= 11 is 1.80. The molecule has 0 spiro atoms. The number of rotatable bonds is 5. The molecule has 8 aromatic carbocycles. The van der Waals surface area contributed by atoms with E-state index in [0.717, 1.165) is 11.4 Å². The number of hydrogen-bond acceptors (Lipinski definition) is 2. The van der Waals surface area contributed by atoms with Crippen molar-refractivity contribution in [3.05, 3.63) is 175 Å². The first-order valence-corrected chi connectivity index (χ1v) is 17.7. The Balaban J connectivity index is 1.13. The lowest BCUT2D eigenvalue weighted by atomic mass is 9.77. The highest BCUT2D eigenvalue weighted by molar-refractivity contribution is 7.17. The van der Waals surface area contributed by atoms with Crippen LogP contribution in [0.2, 0.25) is 0 Å². The van der Waals surface area contributed by atoms with Crippen LogP contribution in [0, 0.1) is 6.92 Å². The molecule has 0 fully saturated rings. The summed E-state index contributed by atoms with van der Waals surface area (Å²) in [6, 6.07) is 60.5. The molecule has 1 nitrogen and oxygen atoms in total. The Kier molecular flexibility index (Phi) is 6.34. The minimum atomic E-state index is 1.15. The Morgan fingerprint density at radius 1 is 0.429 bits per heavy atom. The number of thiophene rings is 1. The van der Waals surface area contributed by atoms with Crippen molar-refractivity contribution in [2.45, 2.75) is 6.92 Å². The molecule has 1 aliphatic carbocycles. The highest BCUT2D eigenvalue weighted by atomic mass is 32.1. The molecule has 2 heteroatoms. The lowest BCUT2D eigenvalue weighted by Gasteiger charge is -2.29. The van der Waals surface area contributed by atoms with Crippen LogP contribution in [0.15, 0.2) is 169 Å². The molecule has 10 rings (SSSR count). The highest BCUT2D eigenvalue weighted by Gasteiger charge is 2.25. The fraction of sp³-hybridized carbons (Fsp3) is 0.0213. The zero-order valence-corrected chi connectivity index (χ0v) is 27.8. The van der Waals surface area contributed by atoms with E-state index in [4.69, 9.17) is 0 Å². The molecule has 0 amide bonds. The summed E-state index contributed by atoms with van der Waals surface area (Å²) in [7, 11) is 0. The van der Waals surface area contributed by atoms with Gasteiger partial charge in [-0.25, -0.2) is 0 Å². The zero-order chi connectivity index (χ0) is 32.5. The van der Waals surface area contributed by atoms with Crippen molar-refractivity contribution in [3.63, 3.8) is 0 Å². The topological polar surface area (TPSA) is 3.24 Å². The van der Waals surface area contributed by atoms with Crippen molar-refractivity contribution in [2.24, 2.45) is 0 Å². The van der Waals surface area contributed by atoms with E-state index in [2.05, 4.69) is 181 Å². The summed E-state index contributed by atoms with van der Waals surface area (Å²) in [6.45, 7) is 2.15. The maximum absolute atomic E-state index is 2.43. The molecule has 0 bridgehead atoms. The summed E-state index contributed by atoms with van der Waals surface area (Å²) < 4.78 is 1.30. The smallest absolute Gasteiger partial charge is 0.0547 e. The molecule has 1 aromatic heterocycles. The largest absolute Gasteiger partial charge is 0.310 e. The van der Waals surface area contributed by atoms with Gasteiger partial charge in [-0.1, -0.05) is 96.6 Å². The predicted octanol–water partition coefficient (Wildman–Crippen LogP) is 14.0. The van der Waals surface area contributed by atoms with Crippen molar-refractivity contribution in [1.82, 2.24) is 0 Å². The van der Waals surface area contributed by atoms with Crippen LogP contribution in [0.5, 0.6) is 0 Å². The lowest BCUT2D eigenvalue weighted by Crippen LogP contribution is -2.11. The van der Waals surface area contributed by atoms with Gasteiger partial charge in [0.2, 0.25) is 0 Å². The number of benzene rings is 8. The van der Waals surface area contributed by atoms with E-state index in [9.17, 15) is 0 Å². The Hall–Kier alpha value is -5.96. The third-order valence-corrected chi connectivity index (χ3v) is 11.0. The number of anilines is 3. The third kappa shape index (κ3) is 4.60. The molecule has 0 atom stereocenters. The molecule has 0 N–H and O–H groups in total. The summed E-state index contributed by atoms with van der Waals surface area (Å²) in [5, 5.41) is 8.55. The Labute approximate surface area is 290 Å². The van der Waals surface area contributed by atoms with Crippen LogP contribution >= 0.6 is 11.3 Å². The van der Waals surface area contributed by atoms with Gasteiger partial charge < -0.3 is 4.90 Å². The molecule has 0 radical (unpaired) electrons. The van der Waals surface area contributed by atoms with Gasteiger partial charge in [-0.3, -0.25) is 0 Å². The van der Waals surface area contributed by atoms with Crippen LogP contribution in [0.4, 0.5) is 17.1 Å². The SMILES string of the molecule is Cc1ccc(N(c2ccc3cc4c(cc3c2)-c2cc3cc(-c5ccccc5)ccc3cc2-4)c2ccc3sccc3c2-c2ccccc2)cc1. The van der Waals surface area contributed by atoms with E-state index in [1.165, 1.54) is 87.4 Å². The Morgan fingerprint density at radius 2 is 1.02 bits per heavy atom. The lowest BCUT2D eigenvalue weighted by molar-refractivity contribution is 1.29. The minimum Gasteiger partial charge on any atom is -0.310 e. The van der Waals surface area contributed by atoms with Gasteiger partial charge in [0.1, 0.15) is 0 Å². The molecular weight excluding hydrogens is 611 g/mol. The second-order valence-corrected chi connectivity index (χ2v) is 14.0. The number of nitrogens with zero attached hydrogens (tertiary/aromatic N) is 1. The van der Waals surface area contributed by atoms with Gasteiger partial charge in [0.05, 0.1) is 5.69 Å². The molecule has 0 saturated heterocycles. The Morgan fingerprint density at radius 3 is 1.71 bits per heavy atom. The molecule has 1 heterocycles. The standard InChI is InChI=1S/C47H31NS/c1-30-12-17-38(18-13-30)48(45-20-21-46-40(22-23-49-46)47(45)32-10-6-3-7-11-32)39-19-16-35-27-42-41-26-34-15-14-33(31-8-4-2-5-9-31)24-36(34)28-43(41)44(42)29-37(35)25-39/h2-29H,1H3. The second-order valence-electron chi connectivity index (χ2n) is 13.1. The molecule has 1 aliphatic rings. The quantitative estimate of drug-likeness (QED) is 0.181. The zero-order valence-electron chi connectivity index (χ0n) is 27.0. The summed E-state index contributed by atoms with van der Waals surface area (Å²) in [5.41, 5.74) is 15.1. The molecule has 230 valence electrons. The van der Waals surface area contributed by atoms with Crippen molar-refractivity contribution >= 4 is 60.0 Å². The fourth-order valence-corrected chi connectivity index (χ4v) is 8.40. The average molecular weight is 642 g/mol. The van der Waals surface area contributed by atoms with Crippen LogP contribution in [-0.4, -0.2) is 0 Å². The Bertz CT molecular complexity index is 2700. The van der Waals surface area contributed by atoms with Gasteiger partial charge in [0.15, 0.2) is 0 Å². The molecular formula is C47H31NS. The van der Waals surface area contributed by atoms with E-state index >= 15 is 0 Å². The monoisotopic (exact) mass is 641 g/mol. The van der Waals surface area contributed by atoms with Crippen molar-refractivity contribution in [1.29, 1.82) is 0 Å². The first-order valence-electron chi connectivity index (χ1n) is 16.8. The number of hydrogen-bond donors (Lipinski definition) is 0. The number of aryl methyl sites for hydroxylation is 1. The molecule has 0 aliphatic heterocycles. The van der Waals surface area contributed by atoms with Gasteiger partial charge in [0, 0.05) is 27.0 Å². The molecule has 49 heavy (non-hydrogen) atoms. The first kappa shape index (κ1) is 28.1. The third-order valence-electron chi connectivity index (χ3n) is 10.1. The fourth-order valence-electron chi connectivity index (χ4n) is 7.61. The van der Waals surface area contributed by atoms with E-state index in [1.807, 2.05) is 0 Å². The van der Waals surface area contributed by atoms with Crippen molar-refractivity contribution < 1.29 is 0 Å². The maximum Gasteiger partial charge on any atom is 0.0547 e. The van der Waals surface area contributed by atoms with Gasteiger partial charge in [-0.2, -0.15) is 0 Å². The summed E-state index contributed by atoms with van der Waals surface area (Å²) in [4.78, 5) is 2.43. The van der Waals surface area contributed by atoms with E-state index in [1.54, 1.807) is 11.3 Å². The van der Waals surface area contributed by atoms with E-state index in [0.29, 0.717) is 0 Å². The van der Waals surface area contributed by atoms with Crippen molar-refractivity contribution in [3.8, 4) is 44.5 Å². The first-order chi connectivity index (χ1) is 24.2. The number of fused-ring (bicyclic) bond motifs is 7. The molecule has 0 saturated carbocycles. The predicted molar refractivity (Wildman–Crippen MR) is 212 cm³/mol. The summed E-state index contributed by atoms with van der Waals surface area (Å²) in [6.07, 6.45) is 0. The van der Waals surface area contributed by atoms with Gasteiger partial charge in [-0.05, 0) is 146 Å². The maximum atomic E-state index is 2.43. The van der Waals surface area contributed by atoms with E-state index < -0.39 is 0 Å². The van der Waals surface area contributed by atoms with Crippen molar-refractivity contribution in [2.75, 3.05) is 4.90 Å². The van der Waals surface area contributed by atoms with Gasteiger partial charge in [-0.15, -0.1) is 11.3 Å². The van der Waals surface area contributed by atoms with Crippen LogP contribution in [-0.2, 0) is 0 Å².